The molecule has 2 rings (SSSR count). The molecule has 0 spiro atoms. The lowest BCUT2D eigenvalue weighted by molar-refractivity contribution is -0.111. The van der Waals surface area contributed by atoms with Gasteiger partial charge in [-0.2, -0.15) is 0 Å². The molecule has 0 aromatic heterocycles. The number of ether oxygens (including phenoxy) is 2. The van der Waals surface area contributed by atoms with Crippen molar-refractivity contribution < 1.29 is 14.3 Å². The van der Waals surface area contributed by atoms with E-state index in [1.54, 1.807) is 56.7 Å². The number of carbonyl (C=O) groups is 1. The number of rotatable bonds is 5. The summed E-state index contributed by atoms with van der Waals surface area (Å²) >= 11 is 0. The van der Waals surface area contributed by atoms with Crippen LogP contribution in [-0.4, -0.2) is 20.1 Å². The van der Waals surface area contributed by atoms with Crippen molar-refractivity contribution in [1.82, 2.24) is 0 Å². The van der Waals surface area contributed by atoms with Crippen LogP contribution in [0.4, 0.5) is 11.4 Å². The molecular weight excluding hydrogens is 280 g/mol. The van der Waals surface area contributed by atoms with Crippen molar-refractivity contribution >= 4 is 23.4 Å². The van der Waals surface area contributed by atoms with Gasteiger partial charge in [-0.1, -0.05) is 6.07 Å². The molecule has 0 atom stereocenters. The second-order valence-electron chi connectivity index (χ2n) is 4.56. The molecule has 2 aromatic rings. The molecule has 1 amide bonds. The minimum absolute atomic E-state index is 0.223. The Morgan fingerprint density at radius 3 is 2.36 bits per heavy atom. The van der Waals surface area contributed by atoms with Crippen LogP contribution >= 0.6 is 0 Å². The molecule has 0 unspecified atom stereocenters. The summed E-state index contributed by atoms with van der Waals surface area (Å²) < 4.78 is 10.4. The van der Waals surface area contributed by atoms with Crippen molar-refractivity contribution in [3.8, 4) is 11.5 Å². The van der Waals surface area contributed by atoms with Gasteiger partial charge in [0, 0.05) is 17.5 Å². The van der Waals surface area contributed by atoms with E-state index >= 15 is 0 Å². The molecule has 0 aliphatic rings. The number of anilines is 2. The van der Waals surface area contributed by atoms with E-state index < -0.39 is 0 Å². The Kier molecular flexibility index (Phi) is 5.03. The number of carbonyl (C=O) groups excluding carboxylic acids is 1. The molecule has 0 saturated carbocycles. The molecule has 114 valence electrons. The first-order valence-electron chi connectivity index (χ1n) is 6.69. The molecular formula is C17H18N2O3. The van der Waals surface area contributed by atoms with Gasteiger partial charge in [0.1, 0.15) is 0 Å². The Morgan fingerprint density at radius 2 is 1.73 bits per heavy atom. The Morgan fingerprint density at radius 1 is 1.05 bits per heavy atom. The summed E-state index contributed by atoms with van der Waals surface area (Å²) in [4.78, 5) is 11.9. The molecule has 3 N–H and O–H groups in total. The van der Waals surface area contributed by atoms with Crippen molar-refractivity contribution in [2.75, 3.05) is 25.3 Å². The number of benzene rings is 2. The van der Waals surface area contributed by atoms with Crippen molar-refractivity contribution in [2.24, 2.45) is 0 Å². The SMILES string of the molecule is COc1ccc(/C=C/C(=O)Nc2ccc(N)cc2)cc1OC. The van der Waals surface area contributed by atoms with E-state index in [-0.39, 0.29) is 5.91 Å². The summed E-state index contributed by atoms with van der Waals surface area (Å²) in [6.45, 7) is 0. The van der Waals surface area contributed by atoms with E-state index in [2.05, 4.69) is 5.32 Å². The van der Waals surface area contributed by atoms with E-state index in [1.807, 2.05) is 6.07 Å². The van der Waals surface area contributed by atoms with E-state index in [1.165, 1.54) is 6.08 Å². The number of nitrogen functional groups attached to an aromatic ring is 1. The van der Waals surface area contributed by atoms with Crippen LogP contribution < -0.4 is 20.5 Å². The van der Waals surface area contributed by atoms with Gasteiger partial charge < -0.3 is 20.5 Å². The van der Waals surface area contributed by atoms with E-state index in [0.29, 0.717) is 22.9 Å². The van der Waals surface area contributed by atoms with Crippen LogP contribution in [0.5, 0.6) is 11.5 Å². The summed E-state index contributed by atoms with van der Waals surface area (Å²) in [6, 6.07) is 12.4. The predicted molar refractivity (Wildman–Crippen MR) is 88.1 cm³/mol. The number of hydrogen-bond acceptors (Lipinski definition) is 4. The fraction of sp³-hybridized carbons (Fsp3) is 0.118. The predicted octanol–water partition coefficient (Wildman–Crippen LogP) is 2.94. The van der Waals surface area contributed by atoms with Crippen LogP contribution in [0.3, 0.4) is 0 Å². The smallest absolute Gasteiger partial charge is 0.248 e. The summed E-state index contributed by atoms with van der Waals surface area (Å²) in [5.41, 5.74) is 7.78. The number of nitrogens with one attached hydrogen (secondary N) is 1. The Labute approximate surface area is 129 Å². The normalized spacial score (nSPS) is 10.5. The fourth-order valence-electron chi connectivity index (χ4n) is 1.88. The lowest BCUT2D eigenvalue weighted by Gasteiger charge is -2.07. The van der Waals surface area contributed by atoms with Gasteiger partial charge in [0.15, 0.2) is 11.5 Å². The molecule has 0 fully saturated rings. The molecule has 22 heavy (non-hydrogen) atoms. The van der Waals surface area contributed by atoms with Gasteiger partial charge in [-0.05, 0) is 48.0 Å². The van der Waals surface area contributed by atoms with Crippen LogP contribution in [0.1, 0.15) is 5.56 Å². The minimum atomic E-state index is -0.223. The van der Waals surface area contributed by atoms with E-state index in [0.717, 1.165) is 5.56 Å². The van der Waals surface area contributed by atoms with Gasteiger partial charge in [0.05, 0.1) is 14.2 Å². The fourth-order valence-corrected chi connectivity index (χ4v) is 1.88. The van der Waals surface area contributed by atoms with Crippen molar-refractivity contribution in [3.05, 3.63) is 54.1 Å². The molecule has 0 aliphatic heterocycles. The third-order valence-corrected chi connectivity index (χ3v) is 3.01. The summed E-state index contributed by atoms with van der Waals surface area (Å²) in [6.07, 6.45) is 3.16. The molecule has 0 aliphatic carbocycles. The van der Waals surface area contributed by atoms with E-state index in [4.69, 9.17) is 15.2 Å². The molecule has 5 nitrogen and oxygen atoms in total. The zero-order chi connectivity index (χ0) is 15.9. The molecule has 2 aromatic carbocycles. The highest BCUT2D eigenvalue weighted by Gasteiger charge is 2.03. The van der Waals surface area contributed by atoms with Crippen molar-refractivity contribution in [3.63, 3.8) is 0 Å². The lowest BCUT2D eigenvalue weighted by Crippen LogP contribution is -2.07. The molecule has 0 saturated heterocycles. The lowest BCUT2D eigenvalue weighted by atomic mass is 10.2. The molecule has 0 radical (unpaired) electrons. The van der Waals surface area contributed by atoms with Crippen LogP contribution in [0.25, 0.3) is 6.08 Å². The van der Waals surface area contributed by atoms with Crippen LogP contribution in [0.2, 0.25) is 0 Å². The summed E-state index contributed by atoms with van der Waals surface area (Å²) in [7, 11) is 3.15. The average molecular weight is 298 g/mol. The molecule has 0 bridgehead atoms. The summed E-state index contributed by atoms with van der Waals surface area (Å²) in [5.74, 6) is 1.04. The maximum absolute atomic E-state index is 11.9. The van der Waals surface area contributed by atoms with Gasteiger partial charge in [-0.15, -0.1) is 0 Å². The topological polar surface area (TPSA) is 73.6 Å². The van der Waals surface area contributed by atoms with Crippen LogP contribution in [0.15, 0.2) is 48.5 Å². The molecule has 5 heteroatoms. The average Bonchev–Trinajstić information content (AvgIpc) is 2.54. The highest BCUT2D eigenvalue weighted by Crippen LogP contribution is 2.27. The van der Waals surface area contributed by atoms with Crippen molar-refractivity contribution in [2.45, 2.75) is 0 Å². The van der Waals surface area contributed by atoms with Crippen LogP contribution in [0, 0.1) is 0 Å². The third kappa shape index (κ3) is 4.02. The number of hydrogen-bond donors (Lipinski definition) is 2. The van der Waals surface area contributed by atoms with Gasteiger partial charge >= 0.3 is 0 Å². The standard InChI is InChI=1S/C17H18N2O3/c1-21-15-9-3-12(11-16(15)22-2)4-10-17(20)19-14-7-5-13(18)6-8-14/h3-11H,18H2,1-2H3,(H,19,20)/b10-4+. The summed E-state index contributed by atoms with van der Waals surface area (Å²) in [5, 5.41) is 2.75. The number of methoxy groups -OCH3 is 2. The third-order valence-electron chi connectivity index (χ3n) is 3.01. The zero-order valence-corrected chi connectivity index (χ0v) is 12.5. The van der Waals surface area contributed by atoms with Gasteiger partial charge in [-0.3, -0.25) is 4.79 Å². The monoisotopic (exact) mass is 298 g/mol. The first-order chi connectivity index (χ1) is 10.6. The van der Waals surface area contributed by atoms with Crippen LogP contribution in [-0.2, 0) is 4.79 Å². The van der Waals surface area contributed by atoms with Crippen molar-refractivity contribution in [1.29, 1.82) is 0 Å². The second kappa shape index (κ2) is 7.17. The largest absolute Gasteiger partial charge is 0.493 e. The second-order valence-corrected chi connectivity index (χ2v) is 4.56. The highest BCUT2D eigenvalue weighted by atomic mass is 16.5. The number of amides is 1. The quantitative estimate of drug-likeness (QED) is 0.657. The van der Waals surface area contributed by atoms with Gasteiger partial charge in [0.2, 0.25) is 5.91 Å². The molecule has 0 heterocycles. The highest BCUT2D eigenvalue weighted by molar-refractivity contribution is 6.02. The maximum atomic E-state index is 11.9. The van der Waals surface area contributed by atoms with Gasteiger partial charge in [0.25, 0.3) is 0 Å². The zero-order valence-electron chi connectivity index (χ0n) is 12.5. The van der Waals surface area contributed by atoms with E-state index in [9.17, 15) is 4.79 Å². The Bertz CT molecular complexity index is 679. The Balaban J connectivity index is 2.04. The number of nitrogens with two attached hydrogens (primary N) is 1. The first-order valence-corrected chi connectivity index (χ1v) is 6.69. The first kappa shape index (κ1) is 15.4. The maximum Gasteiger partial charge on any atom is 0.248 e. The Hall–Kier alpha value is -2.95. The van der Waals surface area contributed by atoms with Gasteiger partial charge in [-0.25, -0.2) is 0 Å². The minimum Gasteiger partial charge on any atom is -0.493 e.